The number of carbonyl (C=O) groups excluding carboxylic acids is 1. The van der Waals surface area contributed by atoms with Crippen molar-refractivity contribution < 1.29 is 27.1 Å². The summed E-state index contributed by atoms with van der Waals surface area (Å²) >= 11 is 0. The summed E-state index contributed by atoms with van der Waals surface area (Å²) in [6, 6.07) is 3.74. The molecule has 1 saturated heterocycles. The summed E-state index contributed by atoms with van der Waals surface area (Å²) in [5, 5.41) is 2.54. The molecule has 0 bridgehead atoms. The number of aromatic nitrogens is 2. The number of ether oxygens (including phenoxy) is 2. The monoisotopic (exact) mass is 546 g/mol. The number of rotatable bonds is 7. The normalized spacial score (nSPS) is 24.9. The molecular weight excluding hydrogens is 511 g/mol. The molecule has 1 N–H and O–H groups in total. The lowest BCUT2D eigenvalue weighted by Crippen LogP contribution is -2.54. The van der Waals surface area contributed by atoms with Crippen LogP contribution in [0.5, 0.6) is 5.88 Å². The van der Waals surface area contributed by atoms with Gasteiger partial charge >= 0.3 is 6.09 Å². The number of likely N-dealkylation sites (tertiary alicyclic amines) is 1. The van der Waals surface area contributed by atoms with Crippen LogP contribution in [0.2, 0.25) is 0 Å². The van der Waals surface area contributed by atoms with Crippen LogP contribution in [0.4, 0.5) is 20.7 Å². The van der Waals surface area contributed by atoms with E-state index in [1.165, 1.54) is 18.5 Å². The van der Waals surface area contributed by atoms with Crippen molar-refractivity contribution in [1.82, 2.24) is 14.9 Å². The van der Waals surface area contributed by atoms with Gasteiger partial charge in [0.2, 0.25) is 5.88 Å². The van der Waals surface area contributed by atoms with Gasteiger partial charge in [-0.3, -0.25) is 0 Å². The zero-order valence-corrected chi connectivity index (χ0v) is 23.1. The van der Waals surface area contributed by atoms with Crippen molar-refractivity contribution in [3.05, 3.63) is 35.9 Å². The summed E-state index contributed by atoms with van der Waals surface area (Å²) in [4.78, 5) is 23.2. The second-order valence-electron chi connectivity index (χ2n) is 11.2. The molecular formula is C27H35FN4O5S. The van der Waals surface area contributed by atoms with E-state index in [0.717, 1.165) is 25.3 Å². The molecule has 2 unspecified atom stereocenters. The predicted octanol–water partition coefficient (Wildman–Crippen LogP) is 5.30. The van der Waals surface area contributed by atoms with Crippen molar-refractivity contribution in [2.45, 2.75) is 107 Å². The van der Waals surface area contributed by atoms with Crippen molar-refractivity contribution in [1.29, 1.82) is 0 Å². The van der Waals surface area contributed by atoms with E-state index >= 15 is 0 Å². The Morgan fingerprint density at radius 2 is 1.84 bits per heavy atom. The summed E-state index contributed by atoms with van der Waals surface area (Å²) in [5.41, 5.74) is 0.361. The number of nitrogens with one attached hydrogen (secondary N) is 1. The predicted molar refractivity (Wildman–Crippen MR) is 140 cm³/mol. The average molecular weight is 547 g/mol. The minimum atomic E-state index is -3.48. The Balaban J connectivity index is 1.25. The first kappa shape index (κ1) is 26.6. The number of hydrogen-bond donors (Lipinski definition) is 1. The molecule has 2 aliphatic carbocycles. The fourth-order valence-corrected chi connectivity index (χ4v) is 6.99. The number of hydrogen-bond acceptors (Lipinski definition) is 8. The Morgan fingerprint density at radius 3 is 2.42 bits per heavy atom. The number of nitrogens with zero attached hydrogens (tertiary/aromatic N) is 3. The largest absolute Gasteiger partial charge is 0.474 e. The number of sulfone groups is 1. The quantitative estimate of drug-likeness (QED) is 0.498. The van der Waals surface area contributed by atoms with Gasteiger partial charge < -0.3 is 19.7 Å². The average Bonchev–Trinajstić information content (AvgIpc) is 3.67. The number of carbonyl (C=O) groups is 1. The van der Waals surface area contributed by atoms with Crippen LogP contribution in [0.1, 0.15) is 71.3 Å². The Hall–Kier alpha value is -2.95. The molecule has 0 spiro atoms. The third-order valence-corrected chi connectivity index (χ3v) is 10.2. The van der Waals surface area contributed by atoms with Gasteiger partial charge in [-0.15, -0.1) is 0 Å². The van der Waals surface area contributed by atoms with Crippen LogP contribution < -0.4 is 10.1 Å². The maximum atomic E-state index is 14.8. The maximum Gasteiger partial charge on any atom is 0.410 e. The molecule has 2 heterocycles. The van der Waals surface area contributed by atoms with Gasteiger partial charge in [0, 0.05) is 24.9 Å². The van der Waals surface area contributed by atoms with E-state index in [1.807, 2.05) is 20.8 Å². The molecule has 1 aromatic carbocycles. The molecule has 1 aliphatic heterocycles. The molecule has 0 radical (unpaired) electrons. The first-order valence-corrected chi connectivity index (χ1v) is 14.8. The Labute approximate surface area is 223 Å². The maximum absolute atomic E-state index is 14.8. The van der Waals surface area contributed by atoms with Crippen molar-refractivity contribution in [3.63, 3.8) is 0 Å². The molecule has 3 atom stereocenters. The molecule has 1 aromatic heterocycles. The molecule has 38 heavy (non-hydrogen) atoms. The lowest BCUT2D eigenvalue weighted by Gasteiger charge is -2.45. The zero-order chi connectivity index (χ0) is 27.2. The Bertz CT molecular complexity index is 1320. The smallest absolute Gasteiger partial charge is 0.410 e. The van der Waals surface area contributed by atoms with E-state index in [0.29, 0.717) is 42.9 Å². The highest BCUT2D eigenvalue weighted by molar-refractivity contribution is 7.92. The summed E-state index contributed by atoms with van der Waals surface area (Å²) < 4.78 is 51.7. The second kappa shape index (κ2) is 9.98. The number of anilines is 2. The van der Waals surface area contributed by atoms with E-state index < -0.39 is 20.9 Å². The van der Waals surface area contributed by atoms with E-state index in [9.17, 15) is 17.6 Å². The first-order chi connectivity index (χ1) is 18.0. The fourth-order valence-electron chi connectivity index (χ4n) is 5.32. The van der Waals surface area contributed by atoms with E-state index in [4.69, 9.17) is 9.47 Å². The number of piperidine rings is 1. The minimum absolute atomic E-state index is 0.00765. The summed E-state index contributed by atoms with van der Waals surface area (Å²) in [5.74, 6) is 0.0608. The highest BCUT2D eigenvalue weighted by atomic mass is 32.2. The molecule has 3 aliphatic rings. The van der Waals surface area contributed by atoms with Crippen LogP contribution in [0, 0.1) is 12.7 Å². The number of halogens is 1. The number of benzene rings is 1. The van der Waals surface area contributed by atoms with Crippen LogP contribution in [-0.2, 0) is 14.6 Å². The molecule has 2 saturated carbocycles. The van der Waals surface area contributed by atoms with Crippen molar-refractivity contribution >= 4 is 27.4 Å². The standard InChI is InChI=1S/C27H35FN4O5S/c1-16-12-19(13-17(2)32(16)26(33)37-27(4)10-5-11-27)36-25-18(3)24(29-15-30-25)31-23-9-8-21(14-22(23)28)38(34,35)20-6-7-20/h8-9,14-17,19-20H,5-7,10-13H2,1-4H3,(H,29,30,31)/t16-,17?,19?/m0/s1. The van der Waals surface area contributed by atoms with Crippen molar-refractivity contribution in [2.75, 3.05) is 5.32 Å². The van der Waals surface area contributed by atoms with Crippen molar-refractivity contribution in [3.8, 4) is 5.88 Å². The molecule has 9 nitrogen and oxygen atoms in total. The van der Waals surface area contributed by atoms with Crippen LogP contribution in [0.3, 0.4) is 0 Å². The molecule has 5 rings (SSSR count). The molecule has 1 amide bonds. The molecule has 11 heteroatoms. The van der Waals surface area contributed by atoms with E-state index in [1.54, 1.807) is 11.8 Å². The lowest BCUT2D eigenvalue weighted by molar-refractivity contribution is -0.0661. The van der Waals surface area contributed by atoms with Crippen LogP contribution in [0.25, 0.3) is 0 Å². The first-order valence-electron chi connectivity index (χ1n) is 13.3. The van der Waals surface area contributed by atoms with Crippen LogP contribution in [0.15, 0.2) is 29.4 Å². The number of amides is 1. The minimum Gasteiger partial charge on any atom is -0.474 e. The third kappa shape index (κ3) is 5.30. The highest BCUT2D eigenvalue weighted by Gasteiger charge is 2.42. The fraction of sp³-hybridized carbons (Fsp3) is 0.593. The van der Waals surface area contributed by atoms with Gasteiger partial charge in [0.25, 0.3) is 0 Å². The summed E-state index contributed by atoms with van der Waals surface area (Å²) in [6.45, 7) is 7.75. The highest BCUT2D eigenvalue weighted by Crippen LogP contribution is 2.38. The zero-order valence-electron chi connectivity index (χ0n) is 22.2. The molecule has 2 aromatic rings. The van der Waals surface area contributed by atoms with Gasteiger partial charge in [0.15, 0.2) is 9.84 Å². The van der Waals surface area contributed by atoms with Gasteiger partial charge in [0.1, 0.15) is 29.7 Å². The van der Waals surface area contributed by atoms with Crippen LogP contribution in [-0.4, -0.2) is 58.4 Å². The van der Waals surface area contributed by atoms with Gasteiger partial charge in [-0.25, -0.2) is 27.6 Å². The van der Waals surface area contributed by atoms with E-state index in [-0.39, 0.29) is 40.5 Å². The summed E-state index contributed by atoms with van der Waals surface area (Å²) in [6.07, 6.45) is 6.26. The van der Waals surface area contributed by atoms with Gasteiger partial charge in [-0.1, -0.05) is 0 Å². The van der Waals surface area contributed by atoms with Crippen molar-refractivity contribution in [2.24, 2.45) is 0 Å². The SMILES string of the molecule is Cc1c(Nc2ccc(S(=O)(=O)C3CC3)cc2F)ncnc1OC1CC(C)N(C(=O)OC2(C)CCC2)[C@@H](C)C1. The van der Waals surface area contributed by atoms with Crippen LogP contribution >= 0.6 is 0 Å². The Kier molecular flexibility index (Phi) is 7.00. The molecule has 3 fully saturated rings. The second-order valence-corrected chi connectivity index (χ2v) is 13.4. The van der Waals surface area contributed by atoms with Gasteiger partial charge in [0.05, 0.1) is 21.4 Å². The van der Waals surface area contributed by atoms with Gasteiger partial charge in [-0.2, -0.15) is 0 Å². The third-order valence-electron chi connectivity index (χ3n) is 7.91. The van der Waals surface area contributed by atoms with E-state index in [2.05, 4.69) is 15.3 Å². The lowest BCUT2D eigenvalue weighted by atomic mass is 9.82. The Morgan fingerprint density at radius 1 is 1.16 bits per heavy atom. The topological polar surface area (TPSA) is 111 Å². The molecule has 206 valence electrons. The van der Waals surface area contributed by atoms with Gasteiger partial charge in [-0.05, 0) is 78.0 Å². The summed E-state index contributed by atoms with van der Waals surface area (Å²) in [7, 11) is -3.48.